The van der Waals surface area contributed by atoms with Crippen LogP contribution in [-0.2, 0) is 6.54 Å². The third kappa shape index (κ3) is 4.48. The third-order valence-electron chi connectivity index (χ3n) is 6.50. The van der Waals surface area contributed by atoms with E-state index in [1.54, 1.807) is 19.2 Å². The van der Waals surface area contributed by atoms with Crippen molar-refractivity contribution in [2.75, 3.05) is 57.9 Å². The van der Waals surface area contributed by atoms with E-state index in [1.807, 2.05) is 18.2 Å². The molecule has 0 amide bonds. The van der Waals surface area contributed by atoms with Crippen molar-refractivity contribution in [3.8, 4) is 17.2 Å². The first-order valence-corrected chi connectivity index (χ1v) is 11.8. The highest BCUT2D eigenvalue weighted by molar-refractivity contribution is 5.81. The molecule has 0 bridgehead atoms. The minimum atomic E-state index is -0.395. The Morgan fingerprint density at radius 1 is 0.971 bits per heavy atom. The van der Waals surface area contributed by atoms with E-state index >= 15 is 0 Å². The van der Waals surface area contributed by atoms with Gasteiger partial charge < -0.3 is 24.1 Å². The first-order valence-electron chi connectivity index (χ1n) is 11.8. The first kappa shape index (κ1) is 22.3. The maximum absolute atomic E-state index is 13.1. The van der Waals surface area contributed by atoms with Crippen LogP contribution in [0.5, 0.6) is 17.2 Å². The number of benzene rings is 2. The maximum atomic E-state index is 13.1. The second-order valence-electron chi connectivity index (χ2n) is 8.64. The van der Waals surface area contributed by atoms with Gasteiger partial charge in [0.2, 0.25) is 0 Å². The minimum absolute atomic E-state index is 0.296. The van der Waals surface area contributed by atoms with Crippen molar-refractivity contribution in [2.24, 2.45) is 0 Å². The molecule has 2 aliphatic rings. The predicted octanol–water partition coefficient (Wildman–Crippen LogP) is 2.07. The molecule has 1 aromatic heterocycles. The number of nitrogens with one attached hydrogen (secondary N) is 1. The number of rotatable bonds is 6. The molecule has 1 N–H and O–H groups in total. The van der Waals surface area contributed by atoms with Crippen LogP contribution < -0.4 is 30.4 Å². The Morgan fingerprint density at radius 3 is 2.47 bits per heavy atom. The lowest BCUT2D eigenvalue weighted by Crippen LogP contribution is -2.47. The third-order valence-corrected chi connectivity index (χ3v) is 6.50. The molecule has 0 aliphatic carbocycles. The zero-order valence-corrected chi connectivity index (χ0v) is 19.4. The number of hydrogen-bond acceptors (Lipinski definition) is 7. The SMILES string of the molecule is COc1ccccc1N1CCN(CCCn2c(=O)[nH]c3cc4c(cc3c2=O)OCCCO4)CC1. The molecule has 5 rings (SSSR count). The zero-order chi connectivity index (χ0) is 23.5. The van der Waals surface area contributed by atoms with Gasteiger partial charge in [0.15, 0.2) is 11.5 Å². The van der Waals surface area contributed by atoms with Crippen molar-refractivity contribution in [1.82, 2.24) is 14.5 Å². The fraction of sp³-hybridized carbons (Fsp3) is 0.440. The number of ether oxygens (including phenoxy) is 3. The molecule has 2 aliphatic heterocycles. The molecule has 0 spiro atoms. The van der Waals surface area contributed by atoms with E-state index in [-0.39, 0.29) is 5.56 Å². The van der Waals surface area contributed by atoms with Gasteiger partial charge in [-0.1, -0.05) is 12.1 Å². The van der Waals surface area contributed by atoms with Gasteiger partial charge in [-0.25, -0.2) is 4.79 Å². The average molecular weight is 467 g/mol. The fourth-order valence-corrected chi connectivity index (χ4v) is 4.67. The summed E-state index contributed by atoms with van der Waals surface area (Å²) in [6, 6.07) is 11.4. The summed E-state index contributed by atoms with van der Waals surface area (Å²) >= 11 is 0. The number of aromatic nitrogens is 2. The predicted molar refractivity (Wildman–Crippen MR) is 131 cm³/mol. The van der Waals surface area contributed by atoms with Gasteiger partial charge >= 0.3 is 5.69 Å². The second-order valence-corrected chi connectivity index (χ2v) is 8.64. The van der Waals surface area contributed by atoms with Crippen molar-refractivity contribution in [2.45, 2.75) is 19.4 Å². The Balaban J connectivity index is 1.23. The molecule has 180 valence electrons. The van der Waals surface area contributed by atoms with Crippen LogP contribution in [0.4, 0.5) is 5.69 Å². The second kappa shape index (κ2) is 9.80. The summed E-state index contributed by atoms with van der Waals surface area (Å²) in [5, 5.41) is 0.439. The lowest BCUT2D eigenvalue weighted by atomic mass is 10.2. The molecule has 9 nitrogen and oxygen atoms in total. The van der Waals surface area contributed by atoms with Crippen molar-refractivity contribution >= 4 is 16.6 Å². The number of H-pyrrole nitrogens is 1. The summed E-state index contributed by atoms with van der Waals surface area (Å²) in [6.07, 6.45) is 1.49. The Bertz CT molecular complexity index is 1280. The lowest BCUT2D eigenvalue weighted by Gasteiger charge is -2.36. The molecule has 0 saturated carbocycles. The lowest BCUT2D eigenvalue weighted by molar-refractivity contribution is 0.249. The summed E-state index contributed by atoms with van der Waals surface area (Å²) in [7, 11) is 1.70. The molecule has 1 saturated heterocycles. The van der Waals surface area contributed by atoms with E-state index in [2.05, 4.69) is 20.9 Å². The molecular weight excluding hydrogens is 436 g/mol. The summed E-state index contributed by atoms with van der Waals surface area (Å²) in [5.41, 5.74) is 0.900. The van der Waals surface area contributed by atoms with E-state index in [0.717, 1.165) is 50.6 Å². The number of nitrogens with zero attached hydrogens (tertiary/aromatic N) is 3. The first-order chi connectivity index (χ1) is 16.6. The number of fused-ring (bicyclic) bond motifs is 2. The van der Waals surface area contributed by atoms with Crippen molar-refractivity contribution in [1.29, 1.82) is 0 Å². The van der Waals surface area contributed by atoms with E-state index in [0.29, 0.717) is 48.6 Å². The molecular formula is C25H30N4O5. The number of aromatic amines is 1. The summed E-state index contributed by atoms with van der Waals surface area (Å²) in [5.74, 6) is 2.00. The standard InChI is InChI=1S/C25H30N4O5/c1-32-21-7-3-2-6-20(21)28-12-10-27(11-13-28)8-4-9-29-24(30)18-16-22-23(34-15-5-14-33-22)17-19(18)26-25(29)31/h2-3,6-7,16-17H,4-5,8-15H2,1H3,(H,26,31). The van der Waals surface area contributed by atoms with Gasteiger partial charge in [0, 0.05) is 45.2 Å². The van der Waals surface area contributed by atoms with Crippen LogP contribution >= 0.6 is 0 Å². The van der Waals surface area contributed by atoms with Crippen LogP contribution in [0.25, 0.3) is 10.9 Å². The number of para-hydroxylation sites is 2. The molecule has 1 fully saturated rings. The zero-order valence-electron chi connectivity index (χ0n) is 19.4. The largest absolute Gasteiger partial charge is 0.495 e. The van der Waals surface area contributed by atoms with E-state index in [1.165, 1.54) is 4.57 Å². The summed E-state index contributed by atoms with van der Waals surface area (Å²) in [4.78, 5) is 33.3. The van der Waals surface area contributed by atoms with Crippen LogP contribution in [0.15, 0.2) is 46.0 Å². The monoisotopic (exact) mass is 466 g/mol. The van der Waals surface area contributed by atoms with Crippen LogP contribution in [0.3, 0.4) is 0 Å². The van der Waals surface area contributed by atoms with Crippen LogP contribution in [0.2, 0.25) is 0 Å². The molecule has 2 aromatic carbocycles. The minimum Gasteiger partial charge on any atom is -0.495 e. The van der Waals surface area contributed by atoms with Gasteiger partial charge in [-0.05, 0) is 31.2 Å². The molecule has 9 heteroatoms. The van der Waals surface area contributed by atoms with Crippen molar-refractivity contribution < 1.29 is 14.2 Å². The van der Waals surface area contributed by atoms with Gasteiger partial charge in [-0.15, -0.1) is 0 Å². The number of anilines is 1. The Kier molecular flexibility index (Phi) is 6.44. The molecule has 0 radical (unpaired) electrons. The molecule has 3 heterocycles. The van der Waals surface area contributed by atoms with E-state index in [9.17, 15) is 9.59 Å². The van der Waals surface area contributed by atoms with Gasteiger partial charge in [0.05, 0.1) is 36.9 Å². The molecule has 3 aromatic rings. The Labute approximate surface area is 197 Å². The fourth-order valence-electron chi connectivity index (χ4n) is 4.67. The highest BCUT2D eigenvalue weighted by Crippen LogP contribution is 2.32. The number of piperazine rings is 1. The van der Waals surface area contributed by atoms with Crippen LogP contribution in [-0.4, -0.2) is 67.5 Å². The van der Waals surface area contributed by atoms with Gasteiger partial charge in [-0.3, -0.25) is 14.3 Å². The summed E-state index contributed by atoms with van der Waals surface area (Å²) < 4.78 is 18.2. The normalized spacial score (nSPS) is 16.4. The van der Waals surface area contributed by atoms with Crippen LogP contribution in [0.1, 0.15) is 12.8 Å². The van der Waals surface area contributed by atoms with Gasteiger partial charge in [-0.2, -0.15) is 0 Å². The van der Waals surface area contributed by atoms with Crippen LogP contribution in [0, 0.1) is 0 Å². The highest BCUT2D eigenvalue weighted by Gasteiger charge is 2.20. The van der Waals surface area contributed by atoms with Gasteiger partial charge in [0.1, 0.15) is 5.75 Å². The topological polar surface area (TPSA) is 89.0 Å². The van der Waals surface area contributed by atoms with Gasteiger partial charge in [0.25, 0.3) is 5.56 Å². The average Bonchev–Trinajstić information content (AvgIpc) is 3.10. The number of methoxy groups -OCH3 is 1. The number of hydrogen-bond donors (Lipinski definition) is 1. The molecule has 0 unspecified atom stereocenters. The Hall–Kier alpha value is -3.46. The van der Waals surface area contributed by atoms with E-state index in [4.69, 9.17) is 14.2 Å². The van der Waals surface area contributed by atoms with Crippen molar-refractivity contribution in [3.05, 3.63) is 57.2 Å². The van der Waals surface area contributed by atoms with Crippen molar-refractivity contribution in [3.63, 3.8) is 0 Å². The molecule has 34 heavy (non-hydrogen) atoms. The quantitative estimate of drug-likeness (QED) is 0.595. The Morgan fingerprint density at radius 2 is 1.71 bits per heavy atom. The maximum Gasteiger partial charge on any atom is 0.328 e. The summed E-state index contributed by atoms with van der Waals surface area (Å²) in [6.45, 7) is 5.94. The van der Waals surface area contributed by atoms with E-state index < -0.39 is 5.69 Å². The highest BCUT2D eigenvalue weighted by atomic mass is 16.5. The smallest absolute Gasteiger partial charge is 0.328 e. The molecule has 0 atom stereocenters.